The van der Waals surface area contributed by atoms with Crippen molar-refractivity contribution in [1.82, 2.24) is 19.7 Å². The second kappa shape index (κ2) is 6.01. The van der Waals surface area contributed by atoms with Crippen molar-refractivity contribution in [1.29, 1.82) is 0 Å². The van der Waals surface area contributed by atoms with Crippen molar-refractivity contribution in [2.75, 3.05) is 20.7 Å². The topological polar surface area (TPSA) is 43.2 Å². The summed E-state index contributed by atoms with van der Waals surface area (Å²) in [6.45, 7) is 6.47. The van der Waals surface area contributed by atoms with E-state index in [2.05, 4.69) is 35.9 Å². The van der Waals surface area contributed by atoms with Gasteiger partial charge in [0, 0.05) is 25.1 Å². The van der Waals surface area contributed by atoms with Gasteiger partial charge in [0.15, 0.2) is 0 Å². The molecule has 0 bridgehead atoms. The second-order valence-corrected chi connectivity index (χ2v) is 5.56. The lowest BCUT2D eigenvalue weighted by molar-refractivity contribution is -0.156. The van der Waals surface area contributed by atoms with Gasteiger partial charge in [-0.05, 0) is 26.3 Å². The van der Waals surface area contributed by atoms with Crippen molar-refractivity contribution < 1.29 is 4.74 Å². The van der Waals surface area contributed by atoms with Gasteiger partial charge in [0.2, 0.25) is 0 Å². The first-order valence-corrected chi connectivity index (χ1v) is 7.23. The Balaban J connectivity index is 1.93. The fraction of sp³-hybridized carbons (Fsp3) is 0.857. The van der Waals surface area contributed by atoms with Gasteiger partial charge in [0.25, 0.3) is 0 Å². The van der Waals surface area contributed by atoms with Crippen molar-refractivity contribution in [3.63, 3.8) is 0 Å². The summed E-state index contributed by atoms with van der Waals surface area (Å²) in [5, 5.41) is 4.15. The van der Waals surface area contributed by atoms with Crippen LogP contribution in [0.15, 0.2) is 12.7 Å². The number of rotatable bonds is 7. The van der Waals surface area contributed by atoms with Crippen LogP contribution in [0.25, 0.3) is 0 Å². The standard InChI is InChI=1S/C14H26N4O/c1-5-14(6-2)12(9-13(14)19-4)17(3)7-8-18-11-15-10-16-18/h10-13H,5-9H2,1-4H3/t12-,13-/m1/s1. The largest absolute Gasteiger partial charge is 0.381 e. The number of hydrogen-bond donors (Lipinski definition) is 0. The molecule has 5 heteroatoms. The average molecular weight is 266 g/mol. The number of methoxy groups -OCH3 is 1. The summed E-state index contributed by atoms with van der Waals surface area (Å²) in [7, 11) is 4.06. The molecule has 1 saturated carbocycles. The molecule has 0 spiro atoms. The molecule has 1 aliphatic rings. The van der Waals surface area contributed by atoms with Crippen LogP contribution in [0.4, 0.5) is 0 Å². The molecule has 0 N–H and O–H groups in total. The highest BCUT2D eigenvalue weighted by Gasteiger charge is 2.54. The Labute approximate surface area is 116 Å². The molecule has 19 heavy (non-hydrogen) atoms. The van der Waals surface area contributed by atoms with Crippen molar-refractivity contribution >= 4 is 0 Å². The van der Waals surface area contributed by atoms with Crippen molar-refractivity contribution in [2.24, 2.45) is 5.41 Å². The Bertz CT molecular complexity index is 375. The van der Waals surface area contributed by atoms with Gasteiger partial charge in [-0.15, -0.1) is 0 Å². The molecule has 0 unspecified atom stereocenters. The quantitative estimate of drug-likeness (QED) is 0.755. The summed E-state index contributed by atoms with van der Waals surface area (Å²) >= 11 is 0. The monoisotopic (exact) mass is 266 g/mol. The van der Waals surface area contributed by atoms with Crippen LogP contribution < -0.4 is 0 Å². The van der Waals surface area contributed by atoms with E-state index >= 15 is 0 Å². The third kappa shape index (κ3) is 2.54. The van der Waals surface area contributed by atoms with Crippen molar-refractivity contribution in [3.05, 3.63) is 12.7 Å². The van der Waals surface area contributed by atoms with Crippen LogP contribution >= 0.6 is 0 Å². The molecular formula is C14H26N4O. The molecule has 0 radical (unpaired) electrons. The molecular weight excluding hydrogens is 240 g/mol. The fourth-order valence-corrected chi connectivity index (χ4v) is 3.62. The maximum Gasteiger partial charge on any atom is 0.137 e. The molecule has 0 aromatic carbocycles. The first kappa shape index (κ1) is 14.5. The summed E-state index contributed by atoms with van der Waals surface area (Å²) in [6, 6.07) is 0.621. The predicted octanol–water partition coefficient (Wildman–Crippen LogP) is 1.80. The summed E-state index contributed by atoms with van der Waals surface area (Å²) in [5.41, 5.74) is 0.325. The van der Waals surface area contributed by atoms with Gasteiger partial charge in [0.1, 0.15) is 12.7 Å². The molecule has 2 atom stereocenters. The summed E-state index contributed by atoms with van der Waals surface area (Å²) in [4.78, 5) is 6.44. The van der Waals surface area contributed by atoms with Crippen LogP contribution in [0.1, 0.15) is 33.1 Å². The zero-order valence-electron chi connectivity index (χ0n) is 12.5. The van der Waals surface area contributed by atoms with Crippen LogP contribution in [0.5, 0.6) is 0 Å². The van der Waals surface area contributed by atoms with Gasteiger partial charge >= 0.3 is 0 Å². The van der Waals surface area contributed by atoms with Crippen molar-refractivity contribution in [3.8, 4) is 0 Å². The van der Waals surface area contributed by atoms with E-state index in [9.17, 15) is 0 Å². The van der Waals surface area contributed by atoms with E-state index in [1.807, 2.05) is 11.8 Å². The van der Waals surface area contributed by atoms with Crippen LogP contribution in [0.2, 0.25) is 0 Å². The molecule has 108 valence electrons. The highest BCUT2D eigenvalue weighted by molar-refractivity contribution is 5.06. The SMILES string of the molecule is CCC1(CC)[C@H](OC)C[C@H]1N(C)CCn1cncn1. The minimum absolute atomic E-state index is 0.325. The summed E-state index contributed by atoms with van der Waals surface area (Å²) in [6.07, 6.45) is 7.29. The van der Waals surface area contributed by atoms with Gasteiger partial charge in [0.05, 0.1) is 12.6 Å². The molecule has 0 amide bonds. The maximum atomic E-state index is 5.66. The third-order valence-corrected chi connectivity index (χ3v) is 5.02. The minimum Gasteiger partial charge on any atom is -0.381 e. The first-order chi connectivity index (χ1) is 9.17. The Hall–Kier alpha value is -0.940. The lowest BCUT2D eigenvalue weighted by atomic mass is 9.58. The number of likely N-dealkylation sites (N-methyl/N-ethyl adjacent to an activating group) is 1. The third-order valence-electron chi connectivity index (χ3n) is 5.02. The summed E-state index contributed by atoms with van der Waals surface area (Å²) < 4.78 is 7.55. The van der Waals surface area contributed by atoms with Crippen LogP contribution in [0, 0.1) is 5.41 Å². The molecule has 5 nitrogen and oxygen atoms in total. The molecule has 0 saturated heterocycles. The van der Waals surface area contributed by atoms with Crippen LogP contribution in [-0.4, -0.2) is 52.5 Å². The van der Waals surface area contributed by atoms with Crippen LogP contribution in [0.3, 0.4) is 0 Å². The fourth-order valence-electron chi connectivity index (χ4n) is 3.62. The normalized spacial score (nSPS) is 25.5. The molecule has 1 aromatic heterocycles. The van der Waals surface area contributed by atoms with E-state index in [0.29, 0.717) is 17.6 Å². The lowest BCUT2D eigenvalue weighted by Crippen LogP contribution is -2.63. The van der Waals surface area contributed by atoms with E-state index < -0.39 is 0 Å². The Kier molecular flexibility index (Phi) is 4.58. The zero-order chi connectivity index (χ0) is 13.9. The van der Waals surface area contributed by atoms with Crippen LogP contribution in [-0.2, 0) is 11.3 Å². The van der Waals surface area contributed by atoms with E-state index in [0.717, 1.165) is 19.5 Å². The molecule has 1 aromatic rings. The highest BCUT2D eigenvalue weighted by atomic mass is 16.5. The number of ether oxygens (including phenoxy) is 1. The second-order valence-electron chi connectivity index (χ2n) is 5.56. The highest BCUT2D eigenvalue weighted by Crippen LogP contribution is 2.50. The Morgan fingerprint density at radius 3 is 2.68 bits per heavy atom. The molecule has 1 fully saturated rings. The number of hydrogen-bond acceptors (Lipinski definition) is 4. The summed E-state index contributed by atoms with van der Waals surface area (Å²) in [5.74, 6) is 0. The van der Waals surface area contributed by atoms with Gasteiger partial charge in [-0.1, -0.05) is 13.8 Å². The van der Waals surface area contributed by atoms with Gasteiger partial charge in [-0.2, -0.15) is 5.10 Å². The Morgan fingerprint density at radius 2 is 2.16 bits per heavy atom. The predicted molar refractivity (Wildman–Crippen MR) is 74.9 cm³/mol. The minimum atomic E-state index is 0.325. The van der Waals surface area contributed by atoms with E-state index in [4.69, 9.17) is 4.74 Å². The zero-order valence-corrected chi connectivity index (χ0v) is 12.5. The van der Waals surface area contributed by atoms with Gasteiger partial charge < -0.3 is 9.64 Å². The van der Waals surface area contributed by atoms with E-state index in [1.54, 1.807) is 12.7 Å². The smallest absolute Gasteiger partial charge is 0.137 e. The van der Waals surface area contributed by atoms with Crippen molar-refractivity contribution in [2.45, 2.75) is 51.8 Å². The maximum absolute atomic E-state index is 5.66. The van der Waals surface area contributed by atoms with E-state index in [1.165, 1.54) is 12.8 Å². The van der Waals surface area contributed by atoms with Gasteiger partial charge in [-0.25, -0.2) is 4.98 Å². The van der Waals surface area contributed by atoms with E-state index in [-0.39, 0.29) is 0 Å². The number of nitrogens with zero attached hydrogens (tertiary/aromatic N) is 4. The van der Waals surface area contributed by atoms with Gasteiger partial charge in [-0.3, -0.25) is 4.68 Å². The molecule has 1 heterocycles. The first-order valence-electron chi connectivity index (χ1n) is 7.23. The molecule has 1 aliphatic carbocycles. The molecule has 0 aliphatic heterocycles. The lowest BCUT2D eigenvalue weighted by Gasteiger charge is -2.58. The Morgan fingerprint density at radius 1 is 1.42 bits per heavy atom. The number of aromatic nitrogens is 3. The average Bonchev–Trinajstić information content (AvgIpc) is 2.90. The molecule has 2 rings (SSSR count).